The molecule has 3 rings (SSSR count). The van der Waals surface area contributed by atoms with Gasteiger partial charge in [-0.1, -0.05) is 18.2 Å². The SMILES string of the molecule is Cc1c(Cn2ccc3c(F)cccc32)cccc1[N+](=O)[O-]. The lowest BCUT2D eigenvalue weighted by Gasteiger charge is -2.09. The lowest BCUT2D eigenvalue weighted by molar-refractivity contribution is -0.385. The summed E-state index contributed by atoms with van der Waals surface area (Å²) in [6.07, 6.45) is 1.80. The van der Waals surface area contributed by atoms with Crippen molar-refractivity contribution in [2.45, 2.75) is 13.5 Å². The Bertz CT molecular complexity index is 839. The van der Waals surface area contributed by atoms with Crippen molar-refractivity contribution in [3.63, 3.8) is 0 Å². The van der Waals surface area contributed by atoms with Gasteiger partial charge in [0, 0.05) is 29.8 Å². The average Bonchev–Trinajstić information content (AvgIpc) is 2.85. The third-order valence-corrected chi connectivity index (χ3v) is 3.72. The Kier molecular flexibility index (Phi) is 3.17. The number of fused-ring (bicyclic) bond motifs is 1. The number of hydrogen-bond acceptors (Lipinski definition) is 2. The van der Waals surface area contributed by atoms with E-state index in [0.717, 1.165) is 11.1 Å². The highest BCUT2D eigenvalue weighted by molar-refractivity contribution is 5.80. The number of nitrogens with zero attached hydrogens (tertiary/aromatic N) is 2. The van der Waals surface area contributed by atoms with Crippen molar-refractivity contribution in [2.75, 3.05) is 0 Å². The molecule has 0 unspecified atom stereocenters. The summed E-state index contributed by atoms with van der Waals surface area (Å²) in [5.74, 6) is -0.262. The minimum atomic E-state index is -0.383. The zero-order chi connectivity index (χ0) is 15.0. The second kappa shape index (κ2) is 5.01. The first-order valence-electron chi connectivity index (χ1n) is 6.54. The second-order valence-electron chi connectivity index (χ2n) is 4.93. The van der Waals surface area contributed by atoms with E-state index in [1.54, 1.807) is 31.3 Å². The number of nitro benzene ring substituents is 1. The van der Waals surface area contributed by atoms with Gasteiger partial charge in [0.2, 0.25) is 0 Å². The summed E-state index contributed by atoms with van der Waals surface area (Å²) in [6.45, 7) is 2.21. The van der Waals surface area contributed by atoms with Crippen molar-refractivity contribution in [1.82, 2.24) is 4.57 Å². The molecule has 0 aliphatic rings. The molecule has 1 aromatic heterocycles. The molecule has 0 amide bonds. The van der Waals surface area contributed by atoms with Gasteiger partial charge >= 0.3 is 0 Å². The Morgan fingerprint density at radius 2 is 1.95 bits per heavy atom. The molecule has 0 aliphatic carbocycles. The van der Waals surface area contributed by atoms with E-state index in [2.05, 4.69) is 0 Å². The summed E-state index contributed by atoms with van der Waals surface area (Å²) in [5, 5.41) is 11.5. The zero-order valence-corrected chi connectivity index (χ0v) is 11.4. The van der Waals surface area contributed by atoms with E-state index < -0.39 is 0 Å². The van der Waals surface area contributed by atoms with E-state index in [0.29, 0.717) is 17.5 Å². The summed E-state index contributed by atoms with van der Waals surface area (Å²) in [5.41, 5.74) is 2.38. The Labute approximate surface area is 120 Å². The van der Waals surface area contributed by atoms with Crippen LogP contribution in [-0.2, 0) is 6.54 Å². The van der Waals surface area contributed by atoms with Gasteiger partial charge in [0.05, 0.1) is 10.4 Å². The van der Waals surface area contributed by atoms with Crippen LogP contribution in [0.15, 0.2) is 48.7 Å². The highest BCUT2D eigenvalue weighted by Crippen LogP contribution is 2.24. The topological polar surface area (TPSA) is 48.1 Å². The number of benzene rings is 2. The molecular formula is C16H13FN2O2. The molecule has 0 spiro atoms. The molecule has 0 atom stereocenters. The van der Waals surface area contributed by atoms with E-state index in [9.17, 15) is 14.5 Å². The number of aromatic nitrogens is 1. The molecule has 3 aromatic rings. The van der Waals surface area contributed by atoms with Gasteiger partial charge in [0.15, 0.2) is 0 Å². The van der Waals surface area contributed by atoms with Crippen LogP contribution < -0.4 is 0 Å². The van der Waals surface area contributed by atoms with Gasteiger partial charge < -0.3 is 4.57 Å². The summed E-state index contributed by atoms with van der Waals surface area (Å²) >= 11 is 0. The van der Waals surface area contributed by atoms with Crippen LogP contribution in [-0.4, -0.2) is 9.49 Å². The van der Waals surface area contributed by atoms with Crippen molar-refractivity contribution in [2.24, 2.45) is 0 Å². The number of rotatable bonds is 3. The van der Waals surface area contributed by atoms with Crippen LogP contribution in [0, 0.1) is 22.9 Å². The van der Waals surface area contributed by atoms with Crippen LogP contribution in [0.25, 0.3) is 10.9 Å². The minimum Gasteiger partial charge on any atom is -0.343 e. The van der Waals surface area contributed by atoms with Crippen LogP contribution in [0.3, 0.4) is 0 Å². The monoisotopic (exact) mass is 284 g/mol. The van der Waals surface area contributed by atoms with E-state index in [1.165, 1.54) is 12.1 Å². The van der Waals surface area contributed by atoms with Crippen molar-refractivity contribution >= 4 is 16.6 Å². The van der Waals surface area contributed by atoms with Crippen molar-refractivity contribution < 1.29 is 9.31 Å². The summed E-state index contributed by atoms with van der Waals surface area (Å²) in [4.78, 5) is 10.6. The normalized spacial score (nSPS) is 11.0. The Balaban J connectivity index is 2.05. The third kappa shape index (κ3) is 2.27. The molecule has 106 valence electrons. The lowest BCUT2D eigenvalue weighted by atomic mass is 10.1. The molecule has 0 bridgehead atoms. The molecule has 2 aromatic carbocycles. The fraction of sp³-hybridized carbons (Fsp3) is 0.125. The average molecular weight is 284 g/mol. The van der Waals surface area contributed by atoms with Gasteiger partial charge in [-0.2, -0.15) is 0 Å². The largest absolute Gasteiger partial charge is 0.343 e. The molecule has 21 heavy (non-hydrogen) atoms. The first-order chi connectivity index (χ1) is 10.1. The zero-order valence-electron chi connectivity index (χ0n) is 11.4. The third-order valence-electron chi connectivity index (χ3n) is 3.72. The molecule has 0 N–H and O–H groups in total. The Hall–Kier alpha value is -2.69. The van der Waals surface area contributed by atoms with Gasteiger partial charge in [-0.3, -0.25) is 10.1 Å². The molecule has 0 aliphatic heterocycles. The van der Waals surface area contributed by atoms with E-state index in [4.69, 9.17) is 0 Å². The van der Waals surface area contributed by atoms with Crippen molar-refractivity contribution in [3.05, 3.63) is 75.7 Å². The molecule has 0 saturated heterocycles. The predicted octanol–water partition coefficient (Wildman–Crippen LogP) is 4.05. The molecule has 0 saturated carbocycles. The van der Waals surface area contributed by atoms with Crippen LogP contribution in [0.5, 0.6) is 0 Å². The maximum atomic E-state index is 13.7. The summed E-state index contributed by atoms with van der Waals surface area (Å²) in [7, 11) is 0. The predicted molar refractivity (Wildman–Crippen MR) is 78.8 cm³/mol. The molecule has 5 heteroatoms. The number of hydrogen-bond donors (Lipinski definition) is 0. The van der Waals surface area contributed by atoms with Gasteiger partial charge in [-0.25, -0.2) is 4.39 Å². The molecular weight excluding hydrogens is 271 g/mol. The van der Waals surface area contributed by atoms with Crippen LogP contribution in [0.4, 0.5) is 10.1 Å². The van der Waals surface area contributed by atoms with Gasteiger partial charge in [-0.05, 0) is 30.7 Å². The maximum Gasteiger partial charge on any atom is 0.272 e. The highest BCUT2D eigenvalue weighted by Gasteiger charge is 2.14. The summed E-state index contributed by atoms with van der Waals surface area (Å²) < 4.78 is 15.6. The van der Waals surface area contributed by atoms with Gasteiger partial charge in [0.25, 0.3) is 5.69 Å². The fourth-order valence-corrected chi connectivity index (χ4v) is 2.55. The van der Waals surface area contributed by atoms with Gasteiger partial charge in [-0.15, -0.1) is 0 Å². The van der Waals surface area contributed by atoms with E-state index >= 15 is 0 Å². The van der Waals surface area contributed by atoms with Gasteiger partial charge in [0.1, 0.15) is 5.82 Å². The first-order valence-corrected chi connectivity index (χ1v) is 6.54. The lowest BCUT2D eigenvalue weighted by Crippen LogP contribution is -2.02. The minimum absolute atomic E-state index is 0.107. The van der Waals surface area contributed by atoms with E-state index in [1.807, 2.05) is 16.7 Å². The Morgan fingerprint density at radius 3 is 2.71 bits per heavy atom. The standard InChI is InChI=1S/C16H13FN2O2/c1-11-12(4-2-6-15(11)19(20)21)10-18-9-8-13-14(17)5-3-7-16(13)18/h2-9H,10H2,1H3. The first kappa shape index (κ1) is 13.3. The molecule has 1 heterocycles. The molecule has 4 nitrogen and oxygen atoms in total. The molecule has 0 fully saturated rings. The second-order valence-corrected chi connectivity index (χ2v) is 4.93. The van der Waals surface area contributed by atoms with Crippen LogP contribution in [0.1, 0.15) is 11.1 Å². The quantitative estimate of drug-likeness (QED) is 0.538. The smallest absolute Gasteiger partial charge is 0.272 e. The van der Waals surface area contributed by atoms with Crippen molar-refractivity contribution in [1.29, 1.82) is 0 Å². The number of nitro groups is 1. The fourth-order valence-electron chi connectivity index (χ4n) is 2.55. The number of halogens is 1. The van der Waals surface area contributed by atoms with Crippen LogP contribution in [0.2, 0.25) is 0 Å². The maximum absolute atomic E-state index is 13.7. The molecule has 0 radical (unpaired) electrons. The van der Waals surface area contributed by atoms with Crippen LogP contribution >= 0.6 is 0 Å². The van der Waals surface area contributed by atoms with Crippen molar-refractivity contribution in [3.8, 4) is 0 Å². The highest BCUT2D eigenvalue weighted by atomic mass is 19.1. The summed E-state index contributed by atoms with van der Waals surface area (Å²) in [6, 6.07) is 11.7. The van der Waals surface area contributed by atoms with E-state index in [-0.39, 0.29) is 16.4 Å². The Morgan fingerprint density at radius 1 is 1.19 bits per heavy atom.